The number of hydrogen-bond donors (Lipinski definition) is 5. The van der Waals surface area contributed by atoms with Crippen molar-refractivity contribution in [1.29, 1.82) is 0 Å². The monoisotopic (exact) mass is 498 g/mol. The van der Waals surface area contributed by atoms with Crippen LogP contribution < -0.4 is 27.0 Å². The Morgan fingerprint density at radius 1 is 0.972 bits per heavy atom. The molecule has 1 aromatic heterocycles. The van der Waals surface area contributed by atoms with Crippen molar-refractivity contribution >= 4 is 23.6 Å². The first kappa shape index (κ1) is 30.1. The Bertz CT molecular complexity index is 960. The van der Waals surface area contributed by atoms with Crippen molar-refractivity contribution in [3.05, 3.63) is 66.7 Å². The molecule has 0 aromatic carbocycles. The third-order valence-corrected chi connectivity index (χ3v) is 5.87. The molecule has 0 aliphatic carbocycles. The molecule has 10 nitrogen and oxygen atoms in total. The van der Waals surface area contributed by atoms with Crippen LogP contribution in [-0.2, 0) is 14.4 Å². The van der Waals surface area contributed by atoms with E-state index in [4.69, 9.17) is 5.73 Å². The largest absolute Gasteiger partial charge is 0.405 e. The van der Waals surface area contributed by atoms with E-state index in [0.717, 1.165) is 0 Å². The summed E-state index contributed by atoms with van der Waals surface area (Å²) in [6.07, 6.45) is 9.86. The summed E-state index contributed by atoms with van der Waals surface area (Å²) < 4.78 is 0. The number of allylic oxidation sites excluding steroid dienone is 2. The molecule has 0 aliphatic heterocycles. The van der Waals surface area contributed by atoms with Crippen molar-refractivity contribution in [2.75, 3.05) is 6.67 Å². The van der Waals surface area contributed by atoms with Crippen LogP contribution in [0.5, 0.6) is 0 Å². The van der Waals surface area contributed by atoms with Gasteiger partial charge in [0.1, 0.15) is 12.1 Å². The summed E-state index contributed by atoms with van der Waals surface area (Å²) in [4.78, 5) is 54.8. The van der Waals surface area contributed by atoms with E-state index in [0.29, 0.717) is 18.4 Å². The van der Waals surface area contributed by atoms with Crippen LogP contribution in [0.2, 0.25) is 0 Å². The molecule has 1 aromatic rings. The lowest BCUT2D eigenvalue weighted by atomic mass is 9.97. The fourth-order valence-electron chi connectivity index (χ4n) is 3.23. The minimum atomic E-state index is -0.837. The Morgan fingerprint density at radius 3 is 1.97 bits per heavy atom. The van der Waals surface area contributed by atoms with Gasteiger partial charge in [0.25, 0.3) is 11.8 Å². The molecule has 196 valence electrons. The topological polar surface area (TPSA) is 155 Å². The quantitative estimate of drug-likeness (QED) is 0.149. The summed E-state index contributed by atoms with van der Waals surface area (Å²) in [5, 5.41) is 10.8. The van der Waals surface area contributed by atoms with Crippen molar-refractivity contribution in [2.24, 2.45) is 17.6 Å². The second kappa shape index (κ2) is 15.9. The highest BCUT2D eigenvalue weighted by Crippen LogP contribution is 2.11. The fourth-order valence-corrected chi connectivity index (χ4v) is 3.23. The lowest BCUT2D eigenvalue weighted by molar-refractivity contribution is -0.129. The number of amides is 4. The second-order valence-electron chi connectivity index (χ2n) is 8.38. The Balaban J connectivity index is 2.83. The number of carbonyl (C=O) groups excluding carboxylic acids is 4. The average Bonchev–Trinajstić information content (AvgIpc) is 2.89. The normalized spacial score (nSPS) is 14.7. The zero-order valence-corrected chi connectivity index (χ0v) is 21.4. The maximum Gasteiger partial charge on any atom is 0.252 e. The minimum absolute atomic E-state index is 0.149. The van der Waals surface area contributed by atoms with Gasteiger partial charge in [-0.1, -0.05) is 53.2 Å². The van der Waals surface area contributed by atoms with Gasteiger partial charge in [-0.2, -0.15) is 0 Å². The molecule has 1 rings (SSSR count). The molecule has 0 fully saturated rings. The molecular weight excluding hydrogens is 460 g/mol. The molecule has 0 radical (unpaired) electrons. The molecule has 4 amide bonds. The number of rotatable bonds is 14. The third-order valence-electron chi connectivity index (χ3n) is 5.87. The Labute approximate surface area is 212 Å². The number of pyridine rings is 1. The fraction of sp³-hybridized carbons (Fsp3) is 0.423. The molecule has 0 bridgehead atoms. The molecule has 2 unspecified atom stereocenters. The maximum atomic E-state index is 12.9. The highest BCUT2D eigenvalue weighted by Gasteiger charge is 2.28. The molecule has 0 saturated heterocycles. The molecule has 4 atom stereocenters. The predicted octanol–water partition coefficient (Wildman–Crippen LogP) is 1.53. The van der Waals surface area contributed by atoms with E-state index in [1.54, 1.807) is 12.1 Å². The van der Waals surface area contributed by atoms with Gasteiger partial charge in [0.15, 0.2) is 0 Å². The van der Waals surface area contributed by atoms with Gasteiger partial charge in [-0.05, 0) is 42.3 Å². The summed E-state index contributed by atoms with van der Waals surface area (Å²) in [5.74, 6) is -2.07. The van der Waals surface area contributed by atoms with E-state index >= 15 is 0 Å². The van der Waals surface area contributed by atoms with Gasteiger partial charge in [-0.3, -0.25) is 24.2 Å². The van der Waals surface area contributed by atoms with E-state index in [1.165, 1.54) is 36.8 Å². The zero-order chi connectivity index (χ0) is 27.1. The first-order valence-corrected chi connectivity index (χ1v) is 12.0. The molecule has 6 N–H and O–H groups in total. The zero-order valence-electron chi connectivity index (χ0n) is 21.4. The van der Waals surface area contributed by atoms with Gasteiger partial charge < -0.3 is 27.0 Å². The first-order valence-electron chi connectivity index (χ1n) is 12.0. The van der Waals surface area contributed by atoms with Crippen molar-refractivity contribution in [3.8, 4) is 0 Å². The Morgan fingerprint density at radius 2 is 1.50 bits per heavy atom. The number of carbonyl (C=O) groups is 4. The van der Waals surface area contributed by atoms with Gasteiger partial charge in [0.2, 0.25) is 11.8 Å². The second-order valence-corrected chi connectivity index (χ2v) is 8.38. The van der Waals surface area contributed by atoms with E-state index in [9.17, 15) is 19.2 Å². The standard InChI is InChI=1S/C26H38N6O4/c1-6-9-19(10-13-27)23(33)31-21(17(4)7-2)25(35)29-16-30-26(36)22(18(5)8-3)32-24(34)20-11-14-28-15-12-20/h6,9-15,17-18,21-22H,1,7-8,16,27H2,2-5H3,(H,29,35)(H,30,36)(H,31,33)(H,32,34)/b13-10-,19-9+/t17?,18?,21-,22-/m0/s1. The van der Waals surface area contributed by atoms with Crippen LogP contribution in [-0.4, -0.2) is 47.4 Å². The smallest absolute Gasteiger partial charge is 0.252 e. The van der Waals surface area contributed by atoms with Crippen molar-refractivity contribution in [2.45, 2.75) is 52.6 Å². The van der Waals surface area contributed by atoms with Gasteiger partial charge >= 0.3 is 0 Å². The van der Waals surface area contributed by atoms with Crippen molar-refractivity contribution < 1.29 is 19.2 Å². The summed E-state index contributed by atoms with van der Waals surface area (Å²) in [5.41, 5.74) is 6.05. The van der Waals surface area contributed by atoms with Crippen LogP contribution >= 0.6 is 0 Å². The Hall–Kier alpha value is -3.95. The predicted molar refractivity (Wildman–Crippen MR) is 139 cm³/mol. The lowest BCUT2D eigenvalue weighted by Gasteiger charge is -2.25. The summed E-state index contributed by atoms with van der Waals surface area (Å²) in [7, 11) is 0. The van der Waals surface area contributed by atoms with Gasteiger partial charge in [-0.15, -0.1) is 0 Å². The molecule has 10 heteroatoms. The number of aromatic nitrogens is 1. The summed E-state index contributed by atoms with van der Waals surface area (Å²) in [6.45, 7) is 10.9. The minimum Gasteiger partial charge on any atom is -0.405 e. The molecule has 0 aliphatic rings. The van der Waals surface area contributed by atoms with Gasteiger partial charge in [-0.25, -0.2) is 0 Å². The molecule has 1 heterocycles. The third kappa shape index (κ3) is 9.36. The summed E-state index contributed by atoms with van der Waals surface area (Å²) in [6, 6.07) is 1.48. The van der Waals surface area contributed by atoms with E-state index in [2.05, 4.69) is 32.8 Å². The lowest BCUT2D eigenvalue weighted by Crippen LogP contribution is -2.55. The molecular formula is C26H38N6O4. The van der Waals surface area contributed by atoms with Gasteiger partial charge in [0, 0.05) is 23.5 Å². The van der Waals surface area contributed by atoms with E-state index < -0.39 is 35.7 Å². The summed E-state index contributed by atoms with van der Waals surface area (Å²) >= 11 is 0. The Kier molecular flexibility index (Phi) is 13.2. The molecule has 0 saturated carbocycles. The highest BCUT2D eigenvalue weighted by atomic mass is 16.2. The number of nitrogens with one attached hydrogen (secondary N) is 4. The van der Waals surface area contributed by atoms with Crippen molar-refractivity contribution in [3.63, 3.8) is 0 Å². The van der Waals surface area contributed by atoms with Crippen LogP contribution in [0.3, 0.4) is 0 Å². The average molecular weight is 499 g/mol. The number of nitrogens with two attached hydrogens (primary N) is 1. The first-order chi connectivity index (χ1) is 17.2. The maximum absolute atomic E-state index is 12.9. The molecule has 36 heavy (non-hydrogen) atoms. The molecule has 0 spiro atoms. The van der Waals surface area contributed by atoms with Crippen LogP contribution in [0.4, 0.5) is 0 Å². The van der Waals surface area contributed by atoms with Crippen LogP contribution in [0, 0.1) is 11.8 Å². The van der Waals surface area contributed by atoms with Gasteiger partial charge in [0.05, 0.1) is 6.67 Å². The van der Waals surface area contributed by atoms with E-state index in [-0.39, 0.29) is 24.1 Å². The van der Waals surface area contributed by atoms with Crippen molar-refractivity contribution in [1.82, 2.24) is 26.3 Å². The number of hydrogen-bond acceptors (Lipinski definition) is 6. The highest BCUT2D eigenvalue weighted by molar-refractivity contribution is 5.99. The SMILES string of the molecule is C=C/C=C(\C=C/N)C(=O)N[C@H](C(=O)NCNC(=O)[C@@H](NC(=O)c1ccncc1)C(C)CC)C(C)CC. The van der Waals surface area contributed by atoms with E-state index in [1.807, 2.05) is 27.7 Å². The number of nitrogens with zero attached hydrogens (tertiary/aromatic N) is 1. The van der Waals surface area contributed by atoms with Crippen LogP contribution in [0.25, 0.3) is 0 Å². The van der Waals surface area contributed by atoms with Crippen LogP contribution in [0.1, 0.15) is 50.9 Å². The van der Waals surface area contributed by atoms with Crippen LogP contribution in [0.15, 0.2) is 61.1 Å².